The van der Waals surface area contributed by atoms with E-state index in [4.69, 9.17) is 16.3 Å². The maximum Gasteiger partial charge on any atom is 0.492 e. The van der Waals surface area contributed by atoms with Crippen molar-refractivity contribution >= 4 is 30.0 Å². The van der Waals surface area contributed by atoms with Gasteiger partial charge in [0.25, 0.3) is 0 Å². The predicted molar refractivity (Wildman–Crippen MR) is 100 cm³/mol. The summed E-state index contributed by atoms with van der Waals surface area (Å²) < 4.78 is 7.16. The van der Waals surface area contributed by atoms with Gasteiger partial charge in [0, 0.05) is 6.42 Å². The highest BCUT2D eigenvalue weighted by Crippen LogP contribution is 2.30. The lowest BCUT2D eigenvalue weighted by Gasteiger charge is -2.19. The second-order valence-corrected chi connectivity index (χ2v) is 7.24. The Morgan fingerprint density at radius 1 is 1.26 bits per heavy atom. The highest BCUT2D eigenvalue weighted by atomic mass is 35.5. The van der Waals surface area contributed by atoms with Crippen LogP contribution in [0.2, 0.25) is 5.15 Å². The van der Waals surface area contributed by atoms with Crippen molar-refractivity contribution in [3.05, 3.63) is 64.8 Å². The highest BCUT2D eigenvalue weighted by Gasteiger charge is 2.40. The van der Waals surface area contributed by atoms with Crippen LogP contribution in [0.5, 0.6) is 0 Å². The summed E-state index contributed by atoms with van der Waals surface area (Å²) in [4.78, 5) is 16.9. The van der Waals surface area contributed by atoms with E-state index in [-0.39, 0.29) is 17.4 Å². The average molecular weight is 383 g/mol. The Kier molecular flexibility index (Phi) is 4.34. The number of Topliss-reactive ketones (excluding diaryl/α,β-unsaturated/α-hetero) is 1. The zero-order valence-corrected chi connectivity index (χ0v) is 15.5. The lowest BCUT2D eigenvalue weighted by Crippen LogP contribution is -2.29. The van der Waals surface area contributed by atoms with Crippen LogP contribution in [0, 0.1) is 0 Å². The smallest absolute Gasteiger partial charge is 0.423 e. The summed E-state index contributed by atoms with van der Waals surface area (Å²) in [6, 6.07) is 8.89. The molecule has 0 bridgehead atoms. The van der Waals surface area contributed by atoms with Crippen molar-refractivity contribution in [1.29, 1.82) is 0 Å². The molecule has 7 nitrogen and oxygen atoms in total. The largest absolute Gasteiger partial charge is 0.492 e. The normalized spacial score (nSPS) is 15.0. The summed E-state index contributed by atoms with van der Waals surface area (Å²) in [6.45, 7) is 3.80. The van der Waals surface area contributed by atoms with Gasteiger partial charge < -0.3 is 9.68 Å². The quantitative estimate of drug-likeness (QED) is 0.419. The second-order valence-electron chi connectivity index (χ2n) is 6.88. The Labute approximate surface area is 161 Å². The van der Waals surface area contributed by atoms with Crippen LogP contribution in [0.4, 0.5) is 0 Å². The zero-order valence-electron chi connectivity index (χ0n) is 14.8. The third-order valence-electron chi connectivity index (χ3n) is 4.62. The van der Waals surface area contributed by atoms with Gasteiger partial charge in [-0.1, -0.05) is 29.8 Å². The molecule has 3 aromatic rings. The minimum Gasteiger partial charge on any atom is -0.423 e. The Morgan fingerprint density at radius 2 is 2.00 bits per heavy atom. The van der Waals surface area contributed by atoms with Crippen molar-refractivity contribution in [2.45, 2.75) is 25.9 Å². The zero-order chi connectivity index (χ0) is 19.2. The number of hydrogen-bond donors (Lipinski definition) is 1. The first kappa shape index (κ1) is 17.8. The fraction of sp³-hybridized carbons (Fsp3) is 0.222. The Bertz CT molecular complexity index is 1020. The van der Waals surface area contributed by atoms with Crippen molar-refractivity contribution in [1.82, 2.24) is 19.7 Å². The molecule has 1 N–H and O–H groups in total. The molecule has 27 heavy (non-hydrogen) atoms. The summed E-state index contributed by atoms with van der Waals surface area (Å²) in [5, 5.41) is 17.7. The fourth-order valence-electron chi connectivity index (χ4n) is 3.26. The number of carbonyl (C=O) groups excluding carboxylic acids is 1. The van der Waals surface area contributed by atoms with Crippen molar-refractivity contribution < 1.29 is 14.5 Å². The van der Waals surface area contributed by atoms with Crippen molar-refractivity contribution in [3.8, 4) is 5.82 Å². The number of halogens is 1. The van der Waals surface area contributed by atoms with E-state index in [1.54, 1.807) is 22.8 Å². The number of ketones is 1. The van der Waals surface area contributed by atoms with E-state index in [2.05, 4.69) is 15.2 Å². The monoisotopic (exact) mass is 382 g/mol. The highest BCUT2D eigenvalue weighted by molar-refractivity contribution is 6.62. The second kappa shape index (κ2) is 6.56. The molecule has 0 amide bonds. The molecule has 2 aromatic heterocycles. The van der Waals surface area contributed by atoms with Gasteiger partial charge in [0.1, 0.15) is 23.6 Å². The number of hydrogen-bond acceptors (Lipinski definition) is 6. The van der Waals surface area contributed by atoms with Gasteiger partial charge in [0.2, 0.25) is 0 Å². The van der Waals surface area contributed by atoms with Gasteiger partial charge in [-0.2, -0.15) is 0 Å². The van der Waals surface area contributed by atoms with Crippen molar-refractivity contribution in [2.75, 3.05) is 0 Å². The van der Waals surface area contributed by atoms with Crippen molar-refractivity contribution in [3.63, 3.8) is 0 Å². The summed E-state index contributed by atoms with van der Waals surface area (Å²) in [6.07, 6.45) is 3.15. The number of pyridine rings is 1. The minimum absolute atomic E-state index is 0.122. The van der Waals surface area contributed by atoms with Crippen LogP contribution >= 0.6 is 11.6 Å². The van der Waals surface area contributed by atoms with Crippen LogP contribution in [0.1, 0.15) is 35.3 Å². The number of benzene rings is 1. The molecule has 136 valence electrons. The minimum atomic E-state index is -0.988. The molecule has 4 rings (SSSR count). The summed E-state index contributed by atoms with van der Waals surface area (Å²) in [5.74, 6) is 0.372. The molecular formula is C18H16BClN4O3. The molecule has 9 heteroatoms. The van der Waals surface area contributed by atoms with E-state index >= 15 is 0 Å². The van der Waals surface area contributed by atoms with E-state index < -0.39 is 12.7 Å². The number of aromatic nitrogens is 4. The third kappa shape index (κ3) is 3.27. The Balaban J connectivity index is 1.57. The van der Waals surface area contributed by atoms with Gasteiger partial charge in [-0.3, -0.25) is 9.36 Å². The molecule has 0 unspecified atom stereocenters. The van der Waals surface area contributed by atoms with Gasteiger partial charge in [-0.15, -0.1) is 10.2 Å². The molecule has 0 saturated heterocycles. The number of fused-ring (bicyclic) bond motifs is 1. The number of rotatable bonds is 4. The van der Waals surface area contributed by atoms with Crippen molar-refractivity contribution in [2.24, 2.45) is 0 Å². The molecule has 0 spiro atoms. The Hall–Kier alpha value is -2.55. The lowest BCUT2D eigenvalue weighted by molar-refractivity contribution is 0.0991. The summed E-state index contributed by atoms with van der Waals surface area (Å²) >= 11 is 6.22. The van der Waals surface area contributed by atoms with E-state index in [1.807, 2.05) is 26.0 Å². The van der Waals surface area contributed by atoms with E-state index in [0.717, 1.165) is 11.1 Å². The van der Waals surface area contributed by atoms with Gasteiger partial charge in [0.05, 0.1) is 11.2 Å². The number of carbonyl (C=O) groups is 1. The SMILES string of the molecule is CC1(C)OB(O)c2cc(CC(=O)c3ccc(-n4cnnc4)nc3Cl)ccc21. The summed E-state index contributed by atoms with van der Waals surface area (Å²) in [7, 11) is -0.988. The standard InChI is InChI=1S/C18H16BClN4O3/c1-18(2)13-5-3-11(7-14(13)19(26)27-18)8-15(25)12-4-6-16(23-17(12)20)24-9-21-22-10-24/h3-7,9-10,26H,8H2,1-2H3. The maximum absolute atomic E-state index is 12.7. The van der Waals surface area contributed by atoms with E-state index in [0.29, 0.717) is 16.8 Å². The summed E-state index contributed by atoms with van der Waals surface area (Å²) in [5.41, 5.74) is 2.17. The lowest BCUT2D eigenvalue weighted by atomic mass is 9.77. The molecule has 1 aliphatic heterocycles. The number of nitrogens with zero attached hydrogens (tertiary/aromatic N) is 4. The van der Waals surface area contributed by atoms with E-state index in [1.165, 1.54) is 12.7 Å². The van der Waals surface area contributed by atoms with Gasteiger partial charge in [0.15, 0.2) is 5.78 Å². The third-order valence-corrected chi connectivity index (χ3v) is 4.91. The van der Waals surface area contributed by atoms with Crippen LogP contribution in [0.15, 0.2) is 43.0 Å². The molecule has 0 saturated carbocycles. The predicted octanol–water partition coefficient (Wildman–Crippen LogP) is 1.69. The Morgan fingerprint density at radius 3 is 2.70 bits per heavy atom. The molecule has 0 fully saturated rings. The maximum atomic E-state index is 12.7. The van der Waals surface area contributed by atoms with Crippen LogP contribution in [0.25, 0.3) is 5.82 Å². The fourth-order valence-corrected chi connectivity index (χ4v) is 3.51. The van der Waals surface area contributed by atoms with Crippen LogP contribution in [-0.4, -0.2) is 37.7 Å². The average Bonchev–Trinajstić information content (AvgIpc) is 3.22. The van der Waals surface area contributed by atoms with E-state index in [9.17, 15) is 9.82 Å². The van der Waals surface area contributed by atoms with Crippen LogP contribution in [0.3, 0.4) is 0 Å². The topological polar surface area (TPSA) is 90.1 Å². The molecular weight excluding hydrogens is 366 g/mol. The van der Waals surface area contributed by atoms with Crippen LogP contribution in [-0.2, 0) is 16.7 Å². The molecule has 0 atom stereocenters. The molecule has 0 aliphatic carbocycles. The van der Waals surface area contributed by atoms with Gasteiger partial charge >= 0.3 is 7.12 Å². The first-order valence-electron chi connectivity index (χ1n) is 8.39. The van der Waals surface area contributed by atoms with Crippen LogP contribution < -0.4 is 5.46 Å². The molecule has 0 radical (unpaired) electrons. The van der Waals surface area contributed by atoms with Gasteiger partial charge in [-0.05, 0) is 42.6 Å². The first-order chi connectivity index (χ1) is 12.8. The molecule has 1 aliphatic rings. The first-order valence-corrected chi connectivity index (χ1v) is 8.77. The molecule has 1 aromatic carbocycles. The van der Waals surface area contributed by atoms with Gasteiger partial charge in [-0.25, -0.2) is 4.98 Å². The molecule has 3 heterocycles.